The van der Waals surface area contributed by atoms with Gasteiger partial charge in [0.05, 0.1) is 6.54 Å². The zero-order valence-corrected chi connectivity index (χ0v) is 12.3. The van der Waals surface area contributed by atoms with Crippen molar-refractivity contribution in [3.63, 3.8) is 0 Å². The van der Waals surface area contributed by atoms with Crippen molar-refractivity contribution in [1.82, 2.24) is 5.32 Å². The summed E-state index contributed by atoms with van der Waals surface area (Å²) in [4.78, 5) is 11.3. The minimum atomic E-state index is -4.74. The number of halogens is 3. The van der Waals surface area contributed by atoms with Crippen molar-refractivity contribution in [1.29, 1.82) is 0 Å². The number of nitrogens with one attached hydrogen (secondary N) is 1. The topological polar surface area (TPSA) is 49.3 Å². The Kier molecular flexibility index (Phi) is 5.86. The molecule has 0 aromatic carbocycles. The zero-order valence-electron chi connectivity index (χ0n) is 11.3. The van der Waals surface area contributed by atoms with Crippen molar-refractivity contribution in [2.45, 2.75) is 57.2 Å². The Hall–Kier alpha value is -0.563. The third kappa shape index (κ3) is 7.00. The average molecular weight is 285 g/mol. The van der Waals surface area contributed by atoms with Gasteiger partial charge in [-0.15, -0.1) is 0 Å². The SMILES string of the molecule is CC(O)(CNC(=O)CCC[Si](C)(C)C)C(F)(F)F. The summed E-state index contributed by atoms with van der Waals surface area (Å²) in [5, 5.41) is 11.2. The fourth-order valence-corrected chi connectivity index (χ4v) is 2.48. The molecule has 0 rings (SSSR count). The van der Waals surface area contributed by atoms with E-state index < -0.39 is 32.3 Å². The van der Waals surface area contributed by atoms with Crippen LogP contribution in [-0.4, -0.2) is 37.4 Å². The second-order valence-electron chi connectivity index (χ2n) is 5.96. The molecule has 0 bridgehead atoms. The van der Waals surface area contributed by atoms with Gasteiger partial charge in [0, 0.05) is 14.5 Å². The molecule has 1 amide bonds. The molecule has 1 unspecified atom stereocenters. The minimum absolute atomic E-state index is 0.207. The Bertz CT molecular complexity index is 285. The Morgan fingerprint density at radius 1 is 1.28 bits per heavy atom. The van der Waals surface area contributed by atoms with E-state index in [0.717, 1.165) is 6.04 Å². The summed E-state index contributed by atoms with van der Waals surface area (Å²) >= 11 is 0. The summed E-state index contributed by atoms with van der Waals surface area (Å²) in [6, 6.07) is 0.954. The fourth-order valence-electron chi connectivity index (χ4n) is 1.24. The van der Waals surface area contributed by atoms with E-state index in [1.807, 2.05) is 0 Å². The molecule has 1 atom stereocenters. The van der Waals surface area contributed by atoms with E-state index in [1.165, 1.54) is 0 Å². The van der Waals surface area contributed by atoms with Crippen LogP contribution >= 0.6 is 0 Å². The molecular weight excluding hydrogens is 263 g/mol. The highest BCUT2D eigenvalue weighted by molar-refractivity contribution is 6.76. The quantitative estimate of drug-likeness (QED) is 0.737. The molecule has 0 aliphatic carbocycles. The Labute approximate surface area is 107 Å². The van der Waals surface area contributed by atoms with Gasteiger partial charge < -0.3 is 10.4 Å². The number of hydrogen-bond donors (Lipinski definition) is 2. The first-order valence-electron chi connectivity index (χ1n) is 5.91. The lowest BCUT2D eigenvalue weighted by atomic mass is 10.1. The average Bonchev–Trinajstić information content (AvgIpc) is 2.11. The first kappa shape index (κ1) is 17.4. The summed E-state index contributed by atoms with van der Waals surface area (Å²) < 4.78 is 36.9. The molecule has 0 aromatic heterocycles. The molecule has 0 spiro atoms. The van der Waals surface area contributed by atoms with Crippen molar-refractivity contribution in [3.05, 3.63) is 0 Å². The molecule has 0 radical (unpaired) electrons. The molecule has 0 aromatic rings. The van der Waals surface area contributed by atoms with Crippen molar-refractivity contribution in [3.8, 4) is 0 Å². The Morgan fingerprint density at radius 3 is 2.17 bits per heavy atom. The van der Waals surface area contributed by atoms with E-state index in [-0.39, 0.29) is 6.42 Å². The maximum Gasteiger partial charge on any atom is 0.418 e. The second-order valence-corrected chi connectivity index (χ2v) is 11.6. The van der Waals surface area contributed by atoms with E-state index in [9.17, 15) is 18.0 Å². The van der Waals surface area contributed by atoms with Gasteiger partial charge in [0.2, 0.25) is 5.91 Å². The number of rotatable bonds is 6. The van der Waals surface area contributed by atoms with Crippen LogP contribution in [0.1, 0.15) is 19.8 Å². The molecule has 0 heterocycles. The maximum absolute atomic E-state index is 12.3. The van der Waals surface area contributed by atoms with E-state index in [2.05, 4.69) is 25.0 Å². The summed E-state index contributed by atoms with van der Waals surface area (Å²) in [6.45, 7) is 6.34. The van der Waals surface area contributed by atoms with Gasteiger partial charge in [-0.05, 0) is 13.3 Å². The molecule has 0 saturated carbocycles. The van der Waals surface area contributed by atoms with Gasteiger partial charge in [-0.3, -0.25) is 4.79 Å². The zero-order chi connectivity index (χ0) is 14.6. The molecule has 2 N–H and O–H groups in total. The van der Waals surface area contributed by atoms with Crippen LogP contribution in [0.15, 0.2) is 0 Å². The summed E-state index contributed by atoms with van der Waals surface area (Å²) in [5.41, 5.74) is -2.87. The highest BCUT2D eigenvalue weighted by Gasteiger charge is 2.49. The first-order valence-corrected chi connectivity index (χ1v) is 9.62. The number of hydrogen-bond acceptors (Lipinski definition) is 2. The highest BCUT2D eigenvalue weighted by atomic mass is 28.3. The van der Waals surface area contributed by atoms with Gasteiger partial charge in [0.25, 0.3) is 0 Å². The smallest absolute Gasteiger partial charge is 0.379 e. The molecule has 18 heavy (non-hydrogen) atoms. The van der Waals surface area contributed by atoms with Gasteiger partial charge in [-0.25, -0.2) is 0 Å². The van der Waals surface area contributed by atoms with Crippen LogP contribution in [0.5, 0.6) is 0 Å². The van der Waals surface area contributed by atoms with Crippen molar-refractivity contribution in [2.75, 3.05) is 6.54 Å². The predicted octanol–water partition coefficient (Wildman–Crippen LogP) is 2.53. The van der Waals surface area contributed by atoms with E-state index in [4.69, 9.17) is 5.11 Å². The summed E-state index contributed by atoms with van der Waals surface area (Å²) in [5.74, 6) is -0.447. The molecule has 0 saturated heterocycles. The van der Waals surface area contributed by atoms with Crippen LogP contribution in [0.2, 0.25) is 25.7 Å². The van der Waals surface area contributed by atoms with Crippen molar-refractivity contribution in [2.24, 2.45) is 0 Å². The monoisotopic (exact) mass is 285 g/mol. The normalized spacial score (nSPS) is 16.2. The molecule has 0 aliphatic rings. The third-order valence-electron chi connectivity index (χ3n) is 2.57. The van der Waals surface area contributed by atoms with Crippen LogP contribution in [0, 0.1) is 0 Å². The molecule has 0 aliphatic heterocycles. The molecule has 3 nitrogen and oxygen atoms in total. The Morgan fingerprint density at radius 2 is 1.78 bits per heavy atom. The van der Waals surface area contributed by atoms with E-state index in [0.29, 0.717) is 13.3 Å². The highest BCUT2D eigenvalue weighted by Crippen LogP contribution is 2.29. The number of amides is 1. The number of aliphatic hydroxyl groups is 1. The van der Waals surface area contributed by atoms with Crippen LogP contribution in [0.4, 0.5) is 13.2 Å². The predicted molar refractivity (Wildman–Crippen MR) is 67.1 cm³/mol. The number of carbonyl (C=O) groups excluding carboxylic acids is 1. The summed E-state index contributed by atoms with van der Waals surface area (Å²) in [7, 11) is -1.22. The molecule has 0 fully saturated rings. The fraction of sp³-hybridized carbons (Fsp3) is 0.909. The van der Waals surface area contributed by atoms with Crippen LogP contribution < -0.4 is 5.32 Å². The third-order valence-corrected chi connectivity index (χ3v) is 4.42. The van der Waals surface area contributed by atoms with Gasteiger partial charge in [-0.2, -0.15) is 13.2 Å². The lowest BCUT2D eigenvalue weighted by molar-refractivity contribution is -0.250. The Balaban J connectivity index is 3.99. The standard InChI is InChI=1S/C11H22F3NO2Si/c1-10(17,11(12,13)14)8-15-9(16)6-5-7-18(2,3)4/h17H,5-8H2,1-4H3,(H,15,16). The lowest BCUT2D eigenvalue weighted by Gasteiger charge is -2.26. The number of alkyl halides is 3. The lowest BCUT2D eigenvalue weighted by Crippen LogP contribution is -2.51. The molecule has 108 valence electrons. The number of carbonyl (C=O) groups is 1. The van der Waals surface area contributed by atoms with Gasteiger partial charge in [-0.1, -0.05) is 25.7 Å². The van der Waals surface area contributed by atoms with E-state index >= 15 is 0 Å². The van der Waals surface area contributed by atoms with Crippen LogP contribution in [0.25, 0.3) is 0 Å². The van der Waals surface area contributed by atoms with Crippen molar-refractivity contribution < 1.29 is 23.1 Å². The van der Waals surface area contributed by atoms with Gasteiger partial charge in [0.1, 0.15) is 0 Å². The maximum atomic E-state index is 12.3. The second kappa shape index (κ2) is 6.05. The molecular formula is C11H22F3NO2Si. The van der Waals surface area contributed by atoms with Crippen LogP contribution in [0.3, 0.4) is 0 Å². The van der Waals surface area contributed by atoms with E-state index in [1.54, 1.807) is 0 Å². The minimum Gasteiger partial charge on any atom is -0.379 e. The van der Waals surface area contributed by atoms with Crippen molar-refractivity contribution >= 4 is 14.0 Å². The summed E-state index contributed by atoms with van der Waals surface area (Å²) in [6.07, 6.45) is -3.85. The largest absolute Gasteiger partial charge is 0.418 e. The first-order chi connectivity index (χ1) is 7.85. The van der Waals surface area contributed by atoms with Crippen LogP contribution in [-0.2, 0) is 4.79 Å². The van der Waals surface area contributed by atoms with Gasteiger partial charge >= 0.3 is 6.18 Å². The van der Waals surface area contributed by atoms with Gasteiger partial charge in [0.15, 0.2) is 5.60 Å². The molecule has 7 heteroatoms.